The van der Waals surface area contributed by atoms with Gasteiger partial charge in [0.05, 0.1) is 12.3 Å². The maximum Gasteiger partial charge on any atom is 0.314 e. The number of carbonyl (C=O) groups is 2. The molecule has 0 aliphatic carbocycles. The van der Waals surface area contributed by atoms with E-state index in [2.05, 4.69) is 5.32 Å². The fourth-order valence-electron chi connectivity index (χ4n) is 2.03. The van der Waals surface area contributed by atoms with E-state index < -0.39 is 11.8 Å². The largest absolute Gasteiger partial charge is 0.492 e. The van der Waals surface area contributed by atoms with Crippen molar-refractivity contribution in [2.75, 3.05) is 25.0 Å². The first-order valence-corrected chi connectivity index (χ1v) is 7.46. The molecule has 0 aliphatic heterocycles. The lowest BCUT2D eigenvalue weighted by atomic mass is 10.2. The zero-order valence-corrected chi connectivity index (χ0v) is 13.0. The van der Waals surface area contributed by atoms with Crippen molar-refractivity contribution >= 4 is 17.5 Å². The van der Waals surface area contributed by atoms with Crippen LogP contribution in [0.2, 0.25) is 0 Å². The molecule has 5 heteroatoms. The molecule has 0 heterocycles. The predicted molar refractivity (Wildman–Crippen MR) is 83.4 cm³/mol. The van der Waals surface area contributed by atoms with Gasteiger partial charge < -0.3 is 15.0 Å². The van der Waals surface area contributed by atoms with Crippen LogP contribution in [0.4, 0.5) is 5.69 Å². The Labute approximate surface area is 126 Å². The summed E-state index contributed by atoms with van der Waals surface area (Å²) in [6.07, 6.45) is 1.66. The summed E-state index contributed by atoms with van der Waals surface area (Å²) >= 11 is 0. The van der Waals surface area contributed by atoms with Gasteiger partial charge in [-0.1, -0.05) is 26.0 Å². The van der Waals surface area contributed by atoms with E-state index in [1.807, 2.05) is 26.8 Å². The first-order chi connectivity index (χ1) is 10.1. The van der Waals surface area contributed by atoms with Gasteiger partial charge in [-0.15, -0.1) is 0 Å². The Kier molecular flexibility index (Phi) is 7.29. The molecule has 0 aliphatic rings. The number of hydrogen-bond donors (Lipinski definition) is 1. The SMILES string of the molecule is CCCN(CCC)C(=O)C(=O)Nc1ccccc1OCC. The van der Waals surface area contributed by atoms with Crippen LogP contribution >= 0.6 is 0 Å². The van der Waals surface area contributed by atoms with Crippen molar-refractivity contribution in [1.82, 2.24) is 4.90 Å². The highest BCUT2D eigenvalue weighted by Gasteiger charge is 2.21. The average Bonchev–Trinajstić information content (AvgIpc) is 2.48. The maximum absolute atomic E-state index is 12.2. The minimum absolute atomic E-state index is 0.495. The highest BCUT2D eigenvalue weighted by atomic mass is 16.5. The van der Waals surface area contributed by atoms with Crippen LogP contribution in [-0.2, 0) is 9.59 Å². The van der Waals surface area contributed by atoms with Crippen molar-refractivity contribution < 1.29 is 14.3 Å². The number of nitrogens with zero attached hydrogens (tertiary/aromatic N) is 1. The van der Waals surface area contributed by atoms with Gasteiger partial charge in [0.1, 0.15) is 5.75 Å². The molecule has 0 saturated carbocycles. The van der Waals surface area contributed by atoms with Gasteiger partial charge in [-0.25, -0.2) is 0 Å². The second-order valence-corrected chi connectivity index (χ2v) is 4.68. The van der Waals surface area contributed by atoms with Crippen molar-refractivity contribution in [3.05, 3.63) is 24.3 Å². The lowest BCUT2D eigenvalue weighted by molar-refractivity contribution is -0.143. The lowest BCUT2D eigenvalue weighted by Gasteiger charge is -2.21. The fraction of sp³-hybridized carbons (Fsp3) is 0.500. The van der Waals surface area contributed by atoms with Crippen LogP contribution in [0.5, 0.6) is 5.75 Å². The quantitative estimate of drug-likeness (QED) is 0.786. The standard InChI is InChI=1S/C16H24N2O3/c1-4-11-18(12-5-2)16(20)15(19)17-13-9-7-8-10-14(13)21-6-3/h7-10H,4-6,11-12H2,1-3H3,(H,17,19). The molecule has 1 N–H and O–H groups in total. The Balaban J connectivity index is 2.77. The highest BCUT2D eigenvalue weighted by molar-refractivity contribution is 6.39. The van der Waals surface area contributed by atoms with Crippen molar-refractivity contribution in [2.24, 2.45) is 0 Å². The summed E-state index contributed by atoms with van der Waals surface area (Å²) in [5.41, 5.74) is 0.519. The summed E-state index contributed by atoms with van der Waals surface area (Å²) < 4.78 is 5.43. The van der Waals surface area contributed by atoms with Gasteiger partial charge in [-0.2, -0.15) is 0 Å². The predicted octanol–water partition coefficient (Wildman–Crippen LogP) is 2.67. The molecule has 0 radical (unpaired) electrons. The first-order valence-electron chi connectivity index (χ1n) is 7.46. The second kappa shape index (κ2) is 9.00. The summed E-state index contributed by atoms with van der Waals surface area (Å²) in [7, 11) is 0. The van der Waals surface area contributed by atoms with Crippen LogP contribution in [-0.4, -0.2) is 36.4 Å². The van der Waals surface area contributed by atoms with Crippen LogP contribution in [0.3, 0.4) is 0 Å². The Morgan fingerprint density at radius 1 is 1.10 bits per heavy atom. The summed E-state index contributed by atoms with van der Waals surface area (Å²) in [4.78, 5) is 25.9. The summed E-state index contributed by atoms with van der Waals surface area (Å²) in [6.45, 7) is 7.52. The van der Waals surface area contributed by atoms with Gasteiger partial charge in [-0.3, -0.25) is 9.59 Å². The van der Waals surface area contributed by atoms with E-state index in [9.17, 15) is 9.59 Å². The van der Waals surface area contributed by atoms with Crippen LogP contribution < -0.4 is 10.1 Å². The van der Waals surface area contributed by atoms with Gasteiger partial charge in [0.2, 0.25) is 0 Å². The lowest BCUT2D eigenvalue weighted by Crippen LogP contribution is -2.40. The number of ether oxygens (including phenoxy) is 1. The van der Waals surface area contributed by atoms with Gasteiger partial charge in [-0.05, 0) is 31.9 Å². The Morgan fingerprint density at radius 2 is 1.71 bits per heavy atom. The summed E-state index contributed by atoms with van der Waals surface area (Å²) in [5.74, 6) is -0.548. The van der Waals surface area contributed by atoms with Crippen LogP contribution in [0.15, 0.2) is 24.3 Å². The van der Waals surface area contributed by atoms with E-state index >= 15 is 0 Å². The molecule has 0 spiro atoms. The molecular weight excluding hydrogens is 268 g/mol. The van der Waals surface area contributed by atoms with Crippen molar-refractivity contribution in [3.8, 4) is 5.75 Å². The number of nitrogens with one attached hydrogen (secondary N) is 1. The number of para-hydroxylation sites is 2. The molecule has 0 saturated heterocycles. The Morgan fingerprint density at radius 3 is 2.29 bits per heavy atom. The van der Waals surface area contributed by atoms with Crippen LogP contribution in [0.25, 0.3) is 0 Å². The number of carbonyl (C=O) groups excluding carboxylic acids is 2. The summed E-state index contributed by atoms with van der Waals surface area (Å²) in [5, 5.41) is 2.64. The normalized spacial score (nSPS) is 10.0. The Hall–Kier alpha value is -2.04. The molecule has 1 aromatic carbocycles. The zero-order valence-electron chi connectivity index (χ0n) is 13.0. The molecule has 0 aromatic heterocycles. The molecule has 21 heavy (non-hydrogen) atoms. The fourth-order valence-corrected chi connectivity index (χ4v) is 2.03. The Bertz CT molecular complexity index is 468. The molecule has 5 nitrogen and oxygen atoms in total. The van der Waals surface area contributed by atoms with Gasteiger partial charge in [0, 0.05) is 13.1 Å². The molecule has 2 amide bonds. The van der Waals surface area contributed by atoms with Gasteiger partial charge >= 0.3 is 11.8 Å². The number of benzene rings is 1. The third-order valence-corrected chi connectivity index (χ3v) is 2.90. The van der Waals surface area contributed by atoms with Gasteiger partial charge in [0.15, 0.2) is 0 Å². The third kappa shape index (κ3) is 5.10. The van der Waals surface area contributed by atoms with E-state index in [4.69, 9.17) is 4.74 Å². The van der Waals surface area contributed by atoms with Crippen molar-refractivity contribution in [1.29, 1.82) is 0 Å². The van der Waals surface area contributed by atoms with E-state index in [0.29, 0.717) is 31.1 Å². The number of hydrogen-bond acceptors (Lipinski definition) is 3. The van der Waals surface area contributed by atoms with E-state index in [-0.39, 0.29) is 0 Å². The average molecular weight is 292 g/mol. The molecule has 0 bridgehead atoms. The zero-order chi connectivity index (χ0) is 15.7. The summed E-state index contributed by atoms with van der Waals surface area (Å²) in [6, 6.07) is 7.10. The highest BCUT2D eigenvalue weighted by Crippen LogP contribution is 2.23. The minimum Gasteiger partial charge on any atom is -0.492 e. The minimum atomic E-state index is -0.621. The maximum atomic E-state index is 12.2. The van der Waals surface area contributed by atoms with Crippen LogP contribution in [0, 0.1) is 0 Å². The molecule has 116 valence electrons. The molecule has 0 unspecified atom stereocenters. The molecular formula is C16H24N2O3. The molecule has 0 atom stereocenters. The monoisotopic (exact) mass is 292 g/mol. The molecule has 0 fully saturated rings. The number of anilines is 1. The third-order valence-electron chi connectivity index (χ3n) is 2.90. The van der Waals surface area contributed by atoms with Crippen molar-refractivity contribution in [3.63, 3.8) is 0 Å². The number of rotatable bonds is 7. The first kappa shape index (κ1) is 17.0. The van der Waals surface area contributed by atoms with Crippen molar-refractivity contribution in [2.45, 2.75) is 33.6 Å². The van der Waals surface area contributed by atoms with Crippen LogP contribution in [0.1, 0.15) is 33.6 Å². The number of amides is 2. The van der Waals surface area contributed by atoms with E-state index in [1.165, 1.54) is 0 Å². The molecule has 1 rings (SSSR count). The topological polar surface area (TPSA) is 58.6 Å². The van der Waals surface area contributed by atoms with E-state index in [1.54, 1.807) is 23.1 Å². The van der Waals surface area contributed by atoms with Gasteiger partial charge in [0.25, 0.3) is 0 Å². The smallest absolute Gasteiger partial charge is 0.314 e. The molecule has 1 aromatic rings. The van der Waals surface area contributed by atoms with E-state index in [0.717, 1.165) is 12.8 Å². The second-order valence-electron chi connectivity index (χ2n) is 4.68.